The van der Waals surface area contributed by atoms with Gasteiger partial charge < -0.3 is 5.32 Å². The molecule has 0 radical (unpaired) electrons. The predicted octanol–water partition coefficient (Wildman–Crippen LogP) is 5.07. The van der Waals surface area contributed by atoms with Gasteiger partial charge in [-0.3, -0.25) is 0 Å². The highest BCUT2D eigenvalue weighted by molar-refractivity contribution is 6.30. The zero-order valence-electron chi connectivity index (χ0n) is 13.3. The van der Waals surface area contributed by atoms with E-state index in [-0.39, 0.29) is 5.82 Å². The number of hydrogen-bond acceptors (Lipinski definition) is 1. The molecular formula is C17H27ClFN. The fourth-order valence-electron chi connectivity index (χ4n) is 2.87. The molecule has 2 unspecified atom stereocenters. The Labute approximate surface area is 127 Å². The minimum atomic E-state index is -0.207. The molecule has 1 nitrogen and oxygen atoms in total. The van der Waals surface area contributed by atoms with Crippen molar-refractivity contribution in [1.29, 1.82) is 0 Å². The first kappa shape index (κ1) is 17.5. The van der Waals surface area contributed by atoms with E-state index in [1.807, 2.05) is 7.05 Å². The van der Waals surface area contributed by atoms with Crippen LogP contribution in [0.1, 0.15) is 46.1 Å². The largest absolute Gasteiger partial charge is 0.317 e. The first-order valence-electron chi connectivity index (χ1n) is 7.32. The van der Waals surface area contributed by atoms with Crippen molar-refractivity contribution in [2.24, 2.45) is 11.3 Å². The van der Waals surface area contributed by atoms with Gasteiger partial charge in [0, 0.05) is 11.1 Å². The van der Waals surface area contributed by atoms with Crippen molar-refractivity contribution in [2.45, 2.75) is 53.0 Å². The van der Waals surface area contributed by atoms with Crippen molar-refractivity contribution in [3.05, 3.63) is 34.6 Å². The molecule has 1 rings (SSSR count). The molecule has 0 aliphatic carbocycles. The summed E-state index contributed by atoms with van der Waals surface area (Å²) in [7, 11) is 1.95. The van der Waals surface area contributed by atoms with E-state index in [1.165, 1.54) is 12.5 Å². The third-order valence-electron chi connectivity index (χ3n) is 3.54. The highest BCUT2D eigenvalue weighted by Crippen LogP contribution is 2.27. The molecule has 0 aliphatic heterocycles. The summed E-state index contributed by atoms with van der Waals surface area (Å²) in [4.78, 5) is 0. The highest BCUT2D eigenvalue weighted by Gasteiger charge is 2.19. The Bertz CT molecular complexity index is 425. The van der Waals surface area contributed by atoms with Crippen LogP contribution in [0.15, 0.2) is 18.2 Å². The molecule has 1 aromatic carbocycles. The van der Waals surface area contributed by atoms with Crippen LogP contribution in [-0.2, 0) is 6.42 Å². The van der Waals surface area contributed by atoms with Gasteiger partial charge in [-0.2, -0.15) is 0 Å². The van der Waals surface area contributed by atoms with Gasteiger partial charge in [0.1, 0.15) is 5.82 Å². The normalized spacial score (nSPS) is 15.2. The number of nitrogens with one attached hydrogen (secondary N) is 1. The Balaban J connectivity index is 2.63. The van der Waals surface area contributed by atoms with Crippen molar-refractivity contribution < 1.29 is 4.39 Å². The fraction of sp³-hybridized carbons (Fsp3) is 0.647. The SMILES string of the molecule is CNC(Cc1ccc(Cl)cc1F)CC(C)CC(C)(C)C. The lowest BCUT2D eigenvalue weighted by Gasteiger charge is -2.26. The molecule has 0 saturated carbocycles. The second-order valence-corrected chi connectivity index (χ2v) is 7.47. The molecule has 20 heavy (non-hydrogen) atoms. The van der Waals surface area contributed by atoms with Gasteiger partial charge in [-0.15, -0.1) is 0 Å². The zero-order chi connectivity index (χ0) is 15.3. The molecule has 0 saturated heterocycles. The number of halogens is 2. The summed E-state index contributed by atoms with van der Waals surface area (Å²) in [6.07, 6.45) is 2.93. The van der Waals surface area contributed by atoms with E-state index in [4.69, 9.17) is 11.6 Å². The molecule has 0 bridgehead atoms. The molecule has 0 aromatic heterocycles. The van der Waals surface area contributed by atoms with Gasteiger partial charge in [0.25, 0.3) is 0 Å². The standard InChI is InChI=1S/C17H27ClFN/c1-12(11-17(2,3)4)8-15(20-5)9-13-6-7-14(18)10-16(13)19/h6-7,10,12,15,20H,8-9,11H2,1-5H3. The van der Waals surface area contributed by atoms with Crippen LogP contribution in [0.4, 0.5) is 4.39 Å². The van der Waals surface area contributed by atoms with Crippen molar-refractivity contribution in [3.63, 3.8) is 0 Å². The summed E-state index contributed by atoms with van der Waals surface area (Å²) in [5.74, 6) is 0.407. The van der Waals surface area contributed by atoms with E-state index in [0.717, 1.165) is 12.0 Å². The van der Waals surface area contributed by atoms with Crippen molar-refractivity contribution in [1.82, 2.24) is 5.32 Å². The van der Waals surface area contributed by atoms with Crippen LogP contribution in [-0.4, -0.2) is 13.1 Å². The quantitative estimate of drug-likeness (QED) is 0.773. The Kier molecular flexibility index (Phi) is 6.47. The first-order valence-corrected chi connectivity index (χ1v) is 7.70. The van der Waals surface area contributed by atoms with E-state index >= 15 is 0 Å². The molecule has 2 atom stereocenters. The number of hydrogen-bond donors (Lipinski definition) is 1. The van der Waals surface area contributed by atoms with Gasteiger partial charge in [0.2, 0.25) is 0 Å². The number of rotatable bonds is 6. The fourth-order valence-corrected chi connectivity index (χ4v) is 3.03. The van der Waals surface area contributed by atoms with Gasteiger partial charge in [0.15, 0.2) is 0 Å². The Morgan fingerprint density at radius 3 is 2.45 bits per heavy atom. The molecule has 1 N–H and O–H groups in total. The minimum Gasteiger partial charge on any atom is -0.317 e. The predicted molar refractivity (Wildman–Crippen MR) is 85.8 cm³/mol. The lowest BCUT2D eigenvalue weighted by Crippen LogP contribution is -2.30. The van der Waals surface area contributed by atoms with Crippen molar-refractivity contribution >= 4 is 11.6 Å². The summed E-state index contributed by atoms with van der Waals surface area (Å²) in [6, 6.07) is 5.23. The van der Waals surface area contributed by atoms with Crippen LogP contribution in [0.3, 0.4) is 0 Å². The molecule has 0 aliphatic rings. The monoisotopic (exact) mass is 299 g/mol. The third-order valence-corrected chi connectivity index (χ3v) is 3.77. The molecule has 114 valence electrons. The maximum atomic E-state index is 13.8. The van der Waals surface area contributed by atoms with Crippen molar-refractivity contribution in [3.8, 4) is 0 Å². The number of likely N-dealkylation sites (N-methyl/N-ethyl adjacent to an activating group) is 1. The summed E-state index contributed by atoms with van der Waals surface area (Å²) >= 11 is 5.79. The second kappa shape index (κ2) is 7.42. The molecule has 0 spiro atoms. The van der Waals surface area contributed by atoms with E-state index in [9.17, 15) is 4.39 Å². The molecule has 1 aromatic rings. The maximum absolute atomic E-state index is 13.8. The smallest absolute Gasteiger partial charge is 0.127 e. The van der Waals surface area contributed by atoms with Crippen LogP contribution in [0.2, 0.25) is 5.02 Å². The summed E-state index contributed by atoms with van der Waals surface area (Å²) in [6.45, 7) is 9.05. The molecule has 3 heteroatoms. The Hall–Kier alpha value is -0.600. The summed E-state index contributed by atoms with van der Waals surface area (Å²) in [5, 5.41) is 3.76. The van der Waals surface area contributed by atoms with E-state index in [1.54, 1.807) is 12.1 Å². The van der Waals surface area contributed by atoms with E-state index in [2.05, 4.69) is 33.0 Å². The first-order chi connectivity index (χ1) is 9.21. The van der Waals surface area contributed by atoms with Crippen LogP contribution in [0, 0.1) is 17.2 Å². The van der Waals surface area contributed by atoms with Gasteiger partial charge in [-0.25, -0.2) is 4.39 Å². The molecule has 0 amide bonds. The lowest BCUT2D eigenvalue weighted by atomic mass is 9.82. The van der Waals surface area contributed by atoms with Crippen LogP contribution in [0.5, 0.6) is 0 Å². The highest BCUT2D eigenvalue weighted by atomic mass is 35.5. The second-order valence-electron chi connectivity index (χ2n) is 7.03. The van der Waals surface area contributed by atoms with E-state index in [0.29, 0.717) is 28.8 Å². The zero-order valence-corrected chi connectivity index (χ0v) is 14.0. The van der Waals surface area contributed by atoms with Gasteiger partial charge in [-0.1, -0.05) is 45.4 Å². The van der Waals surface area contributed by atoms with Gasteiger partial charge in [0.05, 0.1) is 0 Å². The summed E-state index contributed by atoms with van der Waals surface area (Å²) < 4.78 is 13.8. The Morgan fingerprint density at radius 2 is 1.95 bits per heavy atom. The minimum absolute atomic E-state index is 0.207. The molecular weight excluding hydrogens is 273 g/mol. The molecule has 0 heterocycles. The average molecular weight is 300 g/mol. The van der Waals surface area contributed by atoms with Gasteiger partial charge >= 0.3 is 0 Å². The topological polar surface area (TPSA) is 12.0 Å². The average Bonchev–Trinajstić information content (AvgIpc) is 2.29. The Morgan fingerprint density at radius 1 is 1.30 bits per heavy atom. The van der Waals surface area contributed by atoms with Crippen LogP contribution >= 0.6 is 11.6 Å². The third kappa shape index (κ3) is 6.23. The van der Waals surface area contributed by atoms with Crippen LogP contribution in [0.25, 0.3) is 0 Å². The summed E-state index contributed by atoms with van der Waals surface area (Å²) in [5.41, 5.74) is 1.07. The van der Waals surface area contributed by atoms with Crippen molar-refractivity contribution in [2.75, 3.05) is 7.05 Å². The van der Waals surface area contributed by atoms with Crippen LogP contribution < -0.4 is 5.32 Å². The van der Waals surface area contributed by atoms with Gasteiger partial charge in [-0.05, 0) is 55.3 Å². The maximum Gasteiger partial charge on any atom is 0.127 e. The number of benzene rings is 1. The van der Waals surface area contributed by atoms with E-state index < -0.39 is 0 Å². The molecule has 0 fully saturated rings. The lowest BCUT2D eigenvalue weighted by molar-refractivity contribution is 0.277.